The first-order valence-corrected chi connectivity index (χ1v) is 5.38. The van der Waals surface area contributed by atoms with Crippen molar-refractivity contribution in [3.8, 4) is 11.4 Å². The predicted octanol–water partition coefficient (Wildman–Crippen LogP) is 2.81. The second-order valence-corrected chi connectivity index (χ2v) is 3.91. The summed E-state index contributed by atoms with van der Waals surface area (Å²) in [7, 11) is 0. The number of halogens is 3. The number of rotatable bonds is 1. The second-order valence-electron chi connectivity index (χ2n) is 3.91. The molecular formula is C12H7F3N4. The zero-order valence-corrected chi connectivity index (χ0v) is 9.46. The largest absolute Gasteiger partial charge is 0.416 e. The molecule has 3 aromatic rings. The topological polar surface area (TPSA) is 43.1 Å². The highest BCUT2D eigenvalue weighted by molar-refractivity contribution is 5.60. The molecule has 0 spiro atoms. The Kier molecular flexibility index (Phi) is 2.48. The predicted molar refractivity (Wildman–Crippen MR) is 61.2 cm³/mol. The van der Waals surface area contributed by atoms with Crippen molar-refractivity contribution in [2.24, 2.45) is 0 Å². The van der Waals surface area contributed by atoms with Crippen molar-refractivity contribution >= 4 is 5.65 Å². The first-order chi connectivity index (χ1) is 9.05. The van der Waals surface area contributed by atoms with E-state index in [4.69, 9.17) is 0 Å². The van der Waals surface area contributed by atoms with Crippen LogP contribution in [0.4, 0.5) is 13.2 Å². The molecule has 0 fully saturated rings. The van der Waals surface area contributed by atoms with Crippen molar-refractivity contribution in [1.82, 2.24) is 19.6 Å². The number of hydrogen-bond donors (Lipinski definition) is 0. The van der Waals surface area contributed by atoms with Crippen molar-refractivity contribution in [3.05, 3.63) is 48.4 Å². The average molecular weight is 264 g/mol. The minimum atomic E-state index is -4.38. The van der Waals surface area contributed by atoms with Gasteiger partial charge in [0.15, 0.2) is 5.65 Å². The maximum atomic E-state index is 12.7. The van der Waals surface area contributed by atoms with Gasteiger partial charge in [-0.25, -0.2) is 4.98 Å². The Hall–Kier alpha value is -2.44. The van der Waals surface area contributed by atoms with Crippen LogP contribution in [0.15, 0.2) is 42.9 Å². The van der Waals surface area contributed by atoms with Crippen molar-refractivity contribution in [1.29, 1.82) is 0 Å². The van der Waals surface area contributed by atoms with Gasteiger partial charge >= 0.3 is 6.18 Å². The van der Waals surface area contributed by atoms with Crippen LogP contribution in [-0.2, 0) is 6.18 Å². The van der Waals surface area contributed by atoms with Gasteiger partial charge in [0.2, 0.25) is 0 Å². The molecule has 4 nitrogen and oxygen atoms in total. The van der Waals surface area contributed by atoms with Crippen LogP contribution in [0.2, 0.25) is 0 Å². The smallest absolute Gasteiger partial charge is 0.265 e. The van der Waals surface area contributed by atoms with Gasteiger partial charge in [0.05, 0.1) is 5.56 Å². The fourth-order valence-electron chi connectivity index (χ4n) is 1.81. The zero-order chi connectivity index (χ0) is 13.5. The van der Waals surface area contributed by atoms with Gasteiger partial charge in [0, 0.05) is 17.8 Å². The molecule has 0 aliphatic rings. The molecule has 0 amide bonds. The molecule has 0 unspecified atom stereocenters. The Labute approximate surface area is 105 Å². The molecule has 1 aromatic carbocycles. The van der Waals surface area contributed by atoms with E-state index in [-0.39, 0.29) is 0 Å². The molecule has 0 saturated carbocycles. The lowest BCUT2D eigenvalue weighted by atomic mass is 10.1. The summed E-state index contributed by atoms with van der Waals surface area (Å²) in [5.41, 5.74) is 0.180. The maximum absolute atomic E-state index is 12.7. The number of hydrogen-bond acceptors (Lipinski definition) is 3. The minimum absolute atomic E-state index is 0.361. The Bertz CT molecular complexity index is 733. The Balaban J connectivity index is 2.19. The third kappa shape index (κ3) is 2.03. The van der Waals surface area contributed by atoms with Gasteiger partial charge in [0.25, 0.3) is 0 Å². The molecule has 0 atom stereocenters. The molecular weight excluding hydrogens is 257 g/mol. The summed E-state index contributed by atoms with van der Waals surface area (Å²) < 4.78 is 39.6. The van der Waals surface area contributed by atoms with Crippen LogP contribution >= 0.6 is 0 Å². The Morgan fingerprint density at radius 1 is 1.11 bits per heavy atom. The molecule has 2 heterocycles. The quantitative estimate of drug-likeness (QED) is 0.678. The Morgan fingerprint density at radius 2 is 1.95 bits per heavy atom. The summed E-state index contributed by atoms with van der Waals surface area (Å²) in [5, 5.41) is 7.54. The van der Waals surface area contributed by atoms with Crippen molar-refractivity contribution < 1.29 is 13.2 Å². The first kappa shape index (κ1) is 11.6. The van der Waals surface area contributed by atoms with E-state index in [1.165, 1.54) is 23.0 Å². The molecule has 19 heavy (non-hydrogen) atoms. The van der Waals surface area contributed by atoms with Gasteiger partial charge in [-0.15, -0.1) is 10.2 Å². The van der Waals surface area contributed by atoms with Gasteiger partial charge in [-0.05, 0) is 12.1 Å². The molecule has 0 aliphatic heterocycles. The van der Waals surface area contributed by atoms with Crippen LogP contribution in [-0.4, -0.2) is 19.6 Å². The highest BCUT2D eigenvalue weighted by atomic mass is 19.4. The van der Waals surface area contributed by atoms with Gasteiger partial charge in [0.1, 0.15) is 12.2 Å². The van der Waals surface area contributed by atoms with Crippen LogP contribution in [0.3, 0.4) is 0 Å². The number of fused-ring (bicyclic) bond motifs is 1. The SMILES string of the molecule is FC(F)(F)c1cccc(-c2nccc3nncn23)c1. The van der Waals surface area contributed by atoms with E-state index in [0.29, 0.717) is 17.0 Å². The molecule has 0 N–H and O–H groups in total. The van der Waals surface area contributed by atoms with Crippen molar-refractivity contribution in [2.45, 2.75) is 6.18 Å². The van der Waals surface area contributed by atoms with E-state index >= 15 is 0 Å². The molecule has 7 heteroatoms. The molecule has 0 radical (unpaired) electrons. The van der Waals surface area contributed by atoms with Crippen LogP contribution in [0.25, 0.3) is 17.0 Å². The standard InChI is InChI=1S/C12H7F3N4/c13-12(14,15)9-3-1-2-8(6-9)11-16-5-4-10-18-17-7-19(10)11/h1-7H. The third-order valence-corrected chi connectivity index (χ3v) is 2.67. The van der Waals surface area contributed by atoms with Gasteiger partial charge in [-0.1, -0.05) is 12.1 Å². The van der Waals surface area contributed by atoms with E-state index in [1.807, 2.05) is 0 Å². The lowest BCUT2D eigenvalue weighted by Crippen LogP contribution is -2.05. The number of benzene rings is 1. The summed E-state index contributed by atoms with van der Waals surface area (Å²) in [6.45, 7) is 0. The van der Waals surface area contributed by atoms with Gasteiger partial charge < -0.3 is 0 Å². The highest BCUT2D eigenvalue weighted by Crippen LogP contribution is 2.31. The normalized spacial score (nSPS) is 11.9. The van der Waals surface area contributed by atoms with E-state index in [9.17, 15) is 13.2 Å². The van der Waals surface area contributed by atoms with Crippen molar-refractivity contribution in [2.75, 3.05) is 0 Å². The molecule has 2 aromatic heterocycles. The van der Waals surface area contributed by atoms with Crippen LogP contribution in [0, 0.1) is 0 Å². The molecule has 96 valence electrons. The highest BCUT2D eigenvalue weighted by Gasteiger charge is 2.30. The first-order valence-electron chi connectivity index (χ1n) is 5.38. The van der Waals surface area contributed by atoms with Crippen LogP contribution in [0.1, 0.15) is 5.56 Å². The Morgan fingerprint density at radius 3 is 2.74 bits per heavy atom. The maximum Gasteiger partial charge on any atom is 0.416 e. The van der Waals surface area contributed by atoms with Crippen LogP contribution < -0.4 is 0 Å². The molecule has 0 saturated heterocycles. The van der Waals surface area contributed by atoms with E-state index < -0.39 is 11.7 Å². The third-order valence-electron chi connectivity index (χ3n) is 2.67. The lowest BCUT2D eigenvalue weighted by Gasteiger charge is -2.09. The number of nitrogens with zero attached hydrogens (tertiary/aromatic N) is 4. The van der Waals surface area contributed by atoms with Crippen molar-refractivity contribution in [3.63, 3.8) is 0 Å². The molecule has 3 rings (SSSR count). The summed E-state index contributed by atoms with van der Waals surface area (Å²) in [5.74, 6) is 0.369. The molecule has 0 aliphatic carbocycles. The second kappa shape index (κ2) is 4.04. The van der Waals surface area contributed by atoms with E-state index in [2.05, 4.69) is 15.2 Å². The summed E-state index contributed by atoms with van der Waals surface area (Å²) in [6, 6.07) is 6.63. The summed E-state index contributed by atoms with van der Waals surface area (Å²) in [6.07, 6.45) is -1.48. The molecule has 0 bridgehead atoms. The van der Waals surface area contributed by atoms with E-state index in [1.54, 1.807) is 12.1 Å². The zero-order valence-electron chi connectivity index (χ0n) is 9.46. The lowest BCUT2D eigenvalue weighted by molar-refractivity contribution is -0.137. The average Bonchev–Trinajstić information content (AvgIpc) is 2.86. The van der Waals surface area contributed by atoms with Gasteiger partial charge in [-0.2, -0.15) is 13.2 Å². The monoisotopic (exact) mass is 264 g/mol. The summed E-state index contributed by atoms with van der Waals surface area (Å²) >= 11 is 0. The van der Waals surface area contributed by atoms with Crippen LogP contribution in [0.5, 0.6) is 0 Å². The van der Waals surface area contributed by atoms with E-state index in [0.717, 1.165) is 12.1 Å². The summed E-state index contributed by atoms with van der Waals surface area (Å²) in [4.78, 5) is 4.09. The number of aromatic nitrogens is 4. The fourth-order valence-corrected chi connectivity index (χ4v) is 1.81. The number of alkyl halides is 3. The fraction of sp³-hybridized carbons (Fsp3) is 0.0833. The van der Waals surface area contributed by atoms with Gasteiger partial charge in [-0.3, -0.25) is 4.40 Å². The minimum Gasteiger partial charge on any atom is -0.265 e.